The number of aliphatic hydroxyl groups is 1. The van der Waals surface area contributed by atoms with E-state index < -0.39 is 0 Å². The smallest absolute Gasteiger partial charge is 0.0850 e. The maximum atomic E-state index is 10.6. The quantitative estimate of drug-likeness (QED) is 0.897. The molecule has 108 valence electrons. The predicted octanol–water partition coefficient (Wildman–Crippen LogP) is 3.60. The van der Waals surface area contributed by atoms with Crippen LogP contribution in [0, 0.1) is 5.41 Å². The highest BCUT2D eigenvalue weighted by molar-refractivity contribution is 6.31. The number of aromatic nitrogens is 2. The van der Waals surface area contributed by atoms with Crippen molar-refractivity contribution in [2.75, 3.05) is 0 Å². The van der Waals surface area contributed by atoms with E-state index in [1.807, 2.05) is 4.68 Å². The van der Waals surface area contributed by atoms with Crippen LogP contribution in [0.4, 0.5) is 0 Å². The lowest BCUT2D eigenvalue weighted by Crippen LogP contribution is -2.32. The summed E-state index contributed by atoms with van der Waals surface area (Å²) in [5.41, 5.74) is 2.00. The second-order valence-electron chi connectivity index (χ2n) is 5.96. The molecule has 1 N–H and O–H groups in total. The van der Waals surface area contributed by atoms with Gasteiger partial charge in [0.15, 0.2) is 0 Å². The van der Waals surface area contributed by atoms with Gasteiger partial charge in [0.1, 0.15) is 0 Å². The van der Waals surface area contributed by atoms with Gasteiger partial charge in [-0.3, -0.25) is 4.68 Å². The molecule has 3 nitrogen and oxygen atoms in total. The minimum absolute atomic E-state index is 0.0541. The van der Waals surface area contributed by atoms with Crippen LogP contribution < -0.4 is 0 Å². The summed E-state index contributed by atoms with van der Waals surface area (Å²) in [5, 5.41) is 15.9. The number of rotatable bonds is 5. The van der Waals surface area contributed by atoms with E-state index in [-0.39, 0.29) is 11.5 Å². The molecule has 0 saturated heterocycles. The van der Waals surface area contributed by atoms with Crippen LogP contribution in [-0.4, -0.2) is 21.0 Å². The van der Waals surface area contributed by atoms with Gasteiger partial charge in [0.2, 0.25) is 0 Å². The van der Waals surface area contributed by atoms with Crippen molar-refractivity contribution >= 4 is 11.6 Å². The number of aliphatic hydroxyl groups excluding tert-OH is 1. The van der Waals surface area contributed by atoms with Gasteiger partial charge in [-0.25, -0.2) is 0 Å². The minimum atomic E-state index is -0.320. The topological polar surface area (TPSA) is 38.0 Å². The van der Waals surface area contributed by atoms with Crippen LogP contribution in [0.2, 0.25) is 5.02 Å². The Morgan fingerprint density at radius 2 is 2.00 bits per heavy atom. The summed E-state index contributed by atoms with van der Waals surface area (Å²) in [6.07, 6.45) is 5.84. The van der Waals surface area contributed by atoms with E-state index in [1.165, 1.54) is 12.8 Å². The fourth-order valence-corrected chi connectivity index (χ4v) is 3.50. The zero-order chi connectivity index (χ0) is 14.0. The third kappa shape index (κ3) is 2.82. The first-order chi connectivity index (χ1) is 9.01. The Balaban J connectivity index is 2.20. The van der Waals surface area contributed by atoms with E-state index in [1.54, 1.807) is 0 Å². The molecule has 4 heteroatoms. The van der Waals surface area contributed by atoms with Crippen molar-refractivity contribution in [2.45, 2.75) is 71.9 Å². The normalized spacial score (nSPS) is 19.8. The fraction of sp³-hybridized carbons (Fsp3) is 0.800. The first kappa shape index (κ1) is 14.9. The lowest BCUT2D eigenvalue weighted by molar-refractivity contribution is 0.0408. The average Bonchev–Trinajstić information content (AvgIpc) is 2.96. The molecule has 2 rings (SSSR count). The van der Waals surface area contributed by atoms with Crippen molar-refractivity contribution in [1.82, 2.24) is 9.78 Å². The van der Waals surface area contributed by atoms with Crippen molar-refractivity contribution in [3.8, 4) is 0 Å². The van der Waals surface area contributed by atoms with E-state index >= 15 is 0 Å². The van der Waals surface area contributed by atoms with Gasteiger partial charge in [-0.2, -0.15) is 5.10 Å². The Kier molecular flexibility index (Phi) is 4.57. The van der Waals surface area contributed by atoms with Crippen molar-refractivity contribution in [3.05, 3.63) is 16.4 Å². The molecule has 0 radical (unpaired) electrons. The molecule has 0 aliphatic heterocycles. The molecule has 0 aromatic carbocycles. The Morgan fingerprint density at radius 3 is 2.53 bits per heavy atom. The summed E-state index contributed by atoms with van der Waals surface area (Å²) in [5.74, 6) is 0. The Morgan fingerprint density at radius 1 is 1.37 bits per heavy atom. The largest absolute Gasteiger partial charge is 0.392 e. The Bertz CT molecular complexity index is 436. The van der Waals surface area contributed by atoms with Crippen LogP contribution in [0.1, 0.15) is 57.8 Å². The summed E-state index contributed by atoms with van der Waals surface area (Å²) in [6, 6.07) is 0. The van der Waals surface area contributed by atoms with Crippen LogP contribution in [0.5, 0.6) is 0 Å². The van der Waals surface area contributed by atoms with Gasteiger partial charge in [-0.05, 0) is 31.6 Å². The highest BCUT2D eigenvalue weighted by Crippen LogP contribution is 2.42. The number of aryl methyl sites for hydroxylation is 2. The number of nitrogens with zero attached hydrogens (tertiary/aromatic N) is 2. The maximum absolute atomic E-state index is 10.6. The first-order valence-electron chi connectivity index (χ1n) is 7.44. The summed E-state index contributed by atoms with van der Waals surface area (Å²) >= 11 is 6.41. The molecular weight excluding hydrogens is 260 g/mol. The van der Waals surface area contributed by atoms with E-state index in [9.17, 15) is 5.11 Å². The maximum Gasteiger partial charge on any atom is 0.0850 e. The van der Waals surface area contributed by atoms with Gasteiger partial charge >= 0.3 is 0 Å². The standard InChI is InChI=1S/C15H25ClN2O/c1-4-11-14(16)12(18(5-2)17-11)10-13(19)15(3)8-6-7-9-15/h13,19H,4-10H2,1-3H3. The molecule has 1 unspecified atom stereocenters. The summed E-state index contributed by atoms with van der Waals surface area (Å²) in [6.45, 7) is 7.13. The molecule has 19 heavy (non-hydrogen) atoms. The molecule has 1 heterocycles. The monoisotopic (exact) mass is 284 g/mol. The van der Waals surface area contributed by atoms with Crippen molar-refractivity contribution in [1.29, 1.82) is 0 Å². The van der Waals surface area contributed by atoms with E-state index in [0.29, 0.717) is 6.42 Å². The predicted molar refractivity (Wildman–Crippen MR) is 78.6 cm³/mol. The summed E-state index contributed by atoms with van der Waals surface area (Å²) in [4.78, 5) is 0. The molecule has 1 aromatic heterocycles. The third-order valence-corrected chi connectivity index (χ3v) is 5.07. The second-order valence-corrected chi connectivity index (χ2v) is 6.34. The molecule has 1 saturated carbocycles. The van der Waals surface area contributed by atoms with Crippen LogP contribution in [0.25, 0.3) is 0 Å². The SMILES string of the molecule is CCc1nn(CC)c(CC(O)C2(C)CCCC2)c1Cl. The number of hydrogen-bond acceptors (Lipinski definition) is 2. The van der Waals surface area contributed by atoms with Crippen molar-refractivity contribution in [3.63, 3.8) is 0 Å². The minimum Gasteiger partial charge on any atom is -0.392 e. The van der Waals surface area contributed by atoms with Crippen LogP contribution in [0.15, 0.2) is 0 Å². The number of halogens is 1. The molecule has 1 aromatic rings. The van der Waals surface area contributed by atoms with Crippen LogP contribution in [-0.2, 0) is 19.4 Å². The summed E-state index contributed by atoms with van der Waals surface area (Å²) < 4.78 is 1.95. The first-order valence-corrected chi connectivity index (χ1v) is 7.81. The molecule has 1 aliphatic carbocycles. The molecule has 0 bridgehead atoms. The third-order valence-electron chi connectivity index (χ3n) is 4.63. The highest BCUT2D eigenvalue weighted by Gasteiger charge is 2.36. The van der Waals surface area contributed by atoms with Crippen LogP contribution in [0.3, 0.4) is 0 Å². The van der Waals surface area contributed by atoms with Gasteiger partial charge in [0, 0.05) is 13.0 Å². The fourth-order valence-electron chi connectivity index (χ4n) is 3.16. The molecule has 0 spiro atoms. The summed E-state index contributed by atoms with van der Waals surface area (Å²) in [7, 11) is 0. The van der Waals surface area contributed by atoms with Gasteiger partial charge in [0.25, 0.3) is 0 Å². The zero-order valence-electron chi connectivity index (χ0n) is 12.2. The molecule has 0 amide bonds. The highest BCUT2D eigenvalue weighted by atomic mass is 35.5. The van der Waals surface area contributed by atoms with E-state index in [4.69, 9.17) is 11.6 Å². The van der Waals surface area contributed by atoms with Crippen LogP contribution >= 0.6 is 11.6 Å². The zero-order valence-corrected chi connectivity index (χ0v) is 13.0. The van der Waals surface area contributed by atoms with Gasteiger partial charge in [-0.15, -0.1) is 0 Å². The van der Waals surface area contributed by atoms with Crippen molar-refractivity contribution in [2.24, 2.45) is 5.41 Å². The Labute approximate surface area is 121 Å². The van der Waals surface area contributed by atoms with Gasteiger partial charge < -0.3 is 5.11 Å². The molecule has 1 aliphatic rings. The average molecular weight is 285 g/mol. The second kappa shape index (κ2) is 5.84. The van der Waals surface area contributed by atoms with E-state index in [2.05, 4.69) is 25.9 Å². The Hall–Kier alpha value is -0.540. The van der Waals surface area contributed by atoms with Gasteiger partial charge in [-0.1, -0.05) is 38.3 Å². The molecule has 1 atom stereocenters. The lowest BCUT2D eigenvalue weighted by Gasteiger charge is -2.30. The number of hydrogen-bond donors (Lipinski definition) is 1. The molecule has 1 fully saturated rings. The van der Waals surface area contributed by atoms with Crippen molar-refractivity contribution < 1.29 is 5.11 Å². The van der Waals surface area contributed by atoms with E-state index in [0.717, 1.165) is 42.2 Å². The van der Waals surface area contributed by atoms with Gasteiger partial charge in [0.05, 0.1) is 22.5 Å². The molecular formula is C15H25ClN2O. The lowest BCUT2D eigenvalue weighted by atomic mass is 9.80.